The van der Waals surface area contributed by atoms with Crippen LogP contribution in [-0.2, 0) is 36.6 Å². The maximum atomic E-state index is 6.87. The second-order valence-electron chi connectivity index (χ2n) is 17.8. The van der Waals surface area contributed by atoms with Gasteiger partial charge in [0.15, 0.2) is 0 Å². The van der Waals surface area contributed by atoms with Crippen molar-refractivity contribution in [2.24, 2.45) is 10.9 Å². The number of hydrogen-bond acceptors (Lipinski definition) is 4. The molecule has 4 aromatic carbocycles. The van der Waals surface area contributed by atoms with Gasteiger partial charge >= 0.3 is 21.1 Å². The van der Waals surface area contributed by atoms with Crippen LogP contribution in [0.4, 0.5) is 0 Å². The Morgan fingerprint density at radius 1 is 0.796 bits per heavy atom. The number of aryl methyl sites for hydroxylation is 4. The third-order valence-electron chi connectivity index (χ3n) is 11.0. The monoisotopic (exact) mass is 898 g/mol. The van der Waals surface area contributed by atoms with Gasteiger partial charge in [-0.2, -0.15) is 0 Å². The molecule has 1 aliphatic rings. The maximum Gasteiger partial charge on any atom is 2.00 e. The molecule has 2 aromatic heterocycles. The smallest absolute Gasteiger partial charge is 0.518 e. The first-order valence-corrected chi connectivity index (χ1v) is 18.9. The predicted molar refractivity (Wildman–Crippen MR) is 220 cm³/mol. The second kappa shape index (κ2) is 14.1. The zero-order valence-corrected chi connectivity index (χ0v) is 36.4. The van der Waals surface area contributed by atoms with Crippen LogP contribution >= 0.6 is 0 Å². The van der Waals surface area contributed by atoms with E-state index >= 15 is 0 Å². The number of rotatable bonds is 6. The summed E-state index contributed by atoms with van der Waals surface area (Å²) in [5.41, 5.74) is 12.7. The van der Waals surface area contributed by atoms with Gasteiger partial charge in [0, 0.05) is 28.5 Å². The molecule has 0 aliphatic carbocycles. The minimum Gasteiger partial charge on any atom is -0.518 e. The number of nitrogens with zero attached hydrogens (tertiary/aromatic N) is 3. The van der Waals surface area contributed by atoms with Gasteiger partial charge in [-0.3, -0.25) is 4.99 Å². The van der Waals surface area contributed by atoms with E-state index in [4.69, 9.17) is 19.5 Å². The van der Waals surface area contributed by atoms with E-state index in [1.807, 2.05) is 6.20 Å². The average Bonchev–Trinajstić information content (AvgIpc) is 3.63. The Bertz CT molecular complexity index is 2420. The number of ether oxygens (including phenoxy) is 2. The maximum absolute atomic E-state index is 6.87. The van der Waals surface area contributed by atoms with Crippen molar-refractivity contribution in [1.82, 2.24) is 9.55 Å². The van der Waals surface area contributed by atoms with Crippen molar-refractivity contribution < 1.29 is 30.5 Å². The Morgan fingerprint density at radius 2 is 1.46 bits per heavy atom. The molecule has 0 unspecified atom stereocenters. The van der Waals surface area contributed by atoms with E-state index in [1.54, 1.807) is 0 Å². The minimum atomic E-state index is -0.304. The van der Waals surface area contributed by atoms with Gasteiger partial charge in [-0.1, -0.05) is 108 Å². The number of fused-ring (bicyclic) bond motifs is 3. The summed E-state index contributed by atoms with van der Waals surface area (Å²) in [5, 5.41) is 2.35. The Kier molecular flexibility index (Phi) is 10.3. The van der Waals surface area contributed by atoms with Crippen molar-refractivity contribution in [2.45, 2.75) is 106 Å². The molecule has 1 atom stereocenters. The topological polar surface area (TPSA) is 48.6 Å². The predicted octanol–water partition coefficient (Wildman–Crippen LogP) is 12.3. The summed E-state index contributed by atoms with van der Waals surface area (Å²) in [7, 11) is 0. The van der Waals surface area contributed by atoms with Crippen LogP contribution in [-0.4, -0.2) is 27.6 Å². The van der Waals surface area contributed by atoms with Gasteiger partial charge in [0.2, 0.25) is 0 Å². The first-order valence-electron chi connectivity index (χ1n) is 18.9. The summed E-state index contributed by atoms with van der Waals surface area (Å²) in [5.74, 6) is 2.12. The van der Waals surface area contributed by atoms with Gasteiger partial charge < -0.3 is 14.0 Å². The zero-order chi connectivity index (χ0) is 38.2. The first kappa shape index (κ1) is 39.5. The van der Waals surface area contributed by atoms with Crippen LogP contribution in [0.15, 0.2) is 71.9 Å². The zero-order valence-electron chi connectivity index (χ0n) is 34.1. The molecule has 0 fully saturated rings. The molecule has 5 nitrogen and oxygen atoms in total. The van der Waals surface area contributed by atoms with Gasteiger partial charge in [-0.15, -0.1) is 29.8 Å². The van der Waals surface area contributed by atoms with Crippen LogP contribution in [0.1, 0.15) is 101 Å². The van der Waals surface area contributed by atoms with E-state index in [9.17, 15) is 0 Å². The molecule has 6 heteroatoms. The molecule has 54 heavy (non-hydrogen) atoms. The summed E-state index contributed by atoms with van der Waals surface area (Å²) in [6.07, 6.45) is 1.90. The summed E-state index contributed by atoms with van der Waals surface area (Å²) in [6.45, 7) is 29.2. The number of benzene rings is 4. The summed E-state index contributed by atoms with van der Waals surface area (Å²) >= 11 is 0. The van der Waals surface area contributed by atoms with Gasteiger partial charge in [-0.05, 0) is 97.4 Å². The Hall–Kier alpha value is -4.21. The molecule has 1 aliphatic heterocycles. The van der Waals surface area contributed by atoms with E-state index < -0.39 is 0 Å². The molecule has 0 saturated heterocycles. The fourth-order valence-electron chi connectivity index (χ4n) is 7.50. The SMILES string of the molecule is Cc1cc(C)c(-c2cc(Oc3[c-]c(-n4c5ccc(C(C)(C)C)cc5c5c(C)ccnc54)cc(C(C)(C)C)c3)[c-]c(C3=N[C@](C)(C(C)C)CO3)c2)c(C)c1.[Pt+2]. The Morgan fingerprint density at radius 3 is 2.09 bits per heavy atom. The fourth-order valence-corrected chi connectivity index (χ4v) is 7.50. The quantitative estimate of drug-likeness (QED) is 0.157. The van der Waals surface area contributed by atoms with Gasteiger partial charge in [0.1, 0.15) is 18.2 Å². The van der Waals surface area contributed by atoms with Crippen LogP contribution in [0.3, 0.4) is 0 Å². The van der Waals surface area contributed by atoms with Crippen LogP contribution in [0.25, 0.3) is 38.8 Å². The molecular weight excluding hydrogens is 846 g/mol. The van der Waals surface area contributed by atoms with E-state index in [0.29, 0.717) is 29.9 Å². The van der Waals surface area contributed by atoms with Crippen LogP contribution in [0.2, 0.25) is 0 Å². The molecule has 7 rings (SSSR count). The van der Waals surface area contributed by atoms with Crippen molar-refractivity contribution in [3.8, 4) is 28.3 Å². The minimum absolute atomic E-state index is 0. The molecule has 6 aromatic rings. The molecule has 0 spiro atoms. The molecule has 282 valence electrons. The molecule has 0 saturated carbocycles. The van der Waals surface area contributed by atoms with E-state index in [0.717, 1.165) is 38.9 Å². The number of aliphatic imine (C=N–C) groups is 1. The molecular formula is C48H53N3O2Pt. The van der Waals surface area contributed by atoms with E-state index in [2.05, 4.69) is 167 Å². The van der Waals surface area contributed by atoms with E-state index in [-0.39, 0.29) is 37.4 Å². The van der Waals surface area contributed by atoms with Crippen LogP contribution in [0, 0.1) is 45.7 Å². The third kappa shape index (κ3) is 7.29. The average molecular weight is 899 g/mol. The first-order chi connectivity index (χ1) is 24.8. The fraction of sp³-hybridized carbons (Fsp3) is 0.375. The number of hydrogen-bond donors (Lipinski definition) is 0. The molecule has 0 radical (unpaired) electrons. The molecule has 0 bridgehead atoms. The Balaban J connectivity index is 0.00000497. The normalized spacial score (nSPS) is 16.1. The Labute approximate surface area is 336 Å². The van der Waals surface area contributed by atoms with Gasteiger partial charge in [-0.25, -0.2) is 4.98 Å². The van der Waals surface area contributed by atoms with E-state index in [1.165, 1.54) is 38.8 Å². The summed E-state index contributed by atoms with van der Waals surface area (Å²) in [4.78, 5) is 10.1. The van der Waals surface area contributed by atoms with Crippen molar-refractivity contribution in [3.63, 3.8) is 0 Å². The van der Waals surface area contributed by atoms with Crippen LogP contribution in [0.5, 0.6) is 11.5 Å². The summed E-state index contributed by atoms with van der Waals surface area (Å²) < 4.78 is 15.4. The van der Waals surface area contributed by atoms with Crippen molar-refractivity contribution in [2.75, 3.05) is 6.61 Å². The van der Waals surface area contributed by atoms with Crippen molar-refractivity contribution >= 4 is 27.8 Å². The second-order valence-corrected chi connectivity index (χ2v) is 17.8. The van der Waals surface area contributed by atoms with Crippen molar-refractivity contribution in [3.05, 3.63) is 118 Å². The molecule has 0 amide bonds. The van der Waals surface area contributed by atoms with Gasteiger partial charge in [0.25, 0.3) is 0 Å². The number of aromatic nitrogens is 2. The summed E-state index contributed by atoms with van der Waals surface area (Å²) in [6, 6.07) is 29.2. The van der Waals surface area contributed by atoms with Crippen LogP contribution < -0.4 is 4.74 Å². The molecule has 0 N–H and O–H groups in total. The van der Waals surface area contributed by atoms with Crippen molar-refractivity contribution in [1.29, 1.82) is 0 Å². The molecule has 3 heterocycles. The third-order valence-corrected chi connectivity index (χ3v) is 11.0. The largest absolute Gasteiger partial charge is 2.00 e. The standard InChI is InChI=1S/C48H53N3O2.Pt/c1-28(2)48(13)27-52-45(50-48)34-20-33(42-31(5)18-29(3)19-32(42)6)21-38(22-34)53-39-24-36(47(10,11)12)23-37(26-39)51-41-15-14-35(46(7,8)9)25-40(41)43-30(4)16-17-49-44(43)51;/h14-21,23-25,28H,27H2,1-13H3;/q-2;+2/t48-;/m0./s1. The number of pyridine rings is 1. The van der Waals surface area contributed by atoms with Gasteiger partial charge in [0.05, 0.1) is 11.1 Å².